The number of rotatable bonds is 3. The van der Waals surface area contributed by atoms with Gasteiger partial charge >= 0.3 is 0 Å². The largest absolute Gasteiger partial charge is 0.360 e. The molecule has 0 saturated heterocycles. The van der Waals surface area contributed by atoms with E-state index in [1.165, 1.54) is 0 Å². The van der Waals surface area contributed by atoms with Gasteiger partial charge in [-0.25, -0.2) is 0 Å². The molecular formula is C11H12N6. The second-order valence-corrected chi connectivity index (χ2v) is 3.73. The Bertz CT molecular complexity index is 625. The quantitative estimate of drug-likeness (QED) is 0.688. The van der Waals surface area contributed by atoms with Crippen molar-refractivity contribution in [2.45, 2.75) is 6.42 Å². The Kier molecular flexibility index (Phi) is 2.34. The molecule has 0 aliphatic heterocycles. The monoisotopic (exact) mass is 228 g/mol. The van der Waals surface area contributed by atoms with E-state index in [-0.39, 0.29) is 0 Å². The summed E-state index contributed by atoms with van der Waals surface area (Å²) in [6.45, 7) is 0.537. The molecule has 0 saturated carbocycles. The molecular weight excluding hydrogens is 216 g/mol. The number of H-pyrrole nitrogens is 1. The third-order valence-electron chi connectivity index (χ3n) is 2.57. The van der Waals surface area contributed by atoms with Crippen LogP contribution in [0.15, 0.2) is 30.5 Å². The minimum atomic E-state index is 0.537. The van der Waals surface area contributed by atoms with Gasteiger partial charge in [-0.1, -0.05) is 0 Å². The van der Waals surface area contributed by atoms with Gasteiger partial charge < -0.3 is 10.7 Å². The summed E-state index contributed by atoms with van der Waals surface area (Å²) in [6, 6.07) is 7.73. The third kappa shape index (κ3) is 1.68. The Hall–Kier alpha value is -2.21. The fourth-order valence-corrected chi connectivity index (χ4v) is 1.75. The van der Waals surface area contributed by atoms with Crippen LogP contribution in [0.4, 0.5) is 0 Å². The Morgan fingerprint density at radius 2 is 2.18 bits per heavy atom. The summed E-state index contributed by atoms with van der Waals surface area (Å²) in [6.07, 6.45) is 2.54. The molecule has 3 rings (SSSR count). The Balaban J connectivity index is 2.13. The molecule has 3 aromatic heterocycles. The van der Waals surface area contributed by atoms with Crippen molar-refractivity contribution < 1.29 is 0 Å². The summed E-state index contributed by atoms with van der Waals surface area (Å²) in [5, 5.41) is 12.6. The van der Waals surface area contributed by atoms with Crippen LogP contribution >= 0.6 is 0 Å². The fraction of sp³-hybridized carbons (Fsp3) is 0.182. The van der Waals surface area contributed by atoms with Crippen LogP contribution in [-0.4, -0.2) is 31.3 Å². The highest BCUT2D eigenvalue weighted by molar-refractivity contribution is 5.55. The van der Waals surface area contributed by atoms with Gasteiger partial charge in [0.1, 0.15) is 5.69 Å². The number of aromatic nitrogens is 5. The molecule has 3 heterocycles. The average molecular weight is 228 g/mol. The van der Waals surface area contributed by atoms with Crippen molar-refractivity contribution in [1.29, 1.82) is 0 Å². The minimum Gasteiger partial charge on any atom is -0.360 e. The maximum atomic E-state index is 5.53. The predicted molar refractivity (Wildman–Crippen MR) is 63.3 cm³/mol. The molecule has 0 radical (unpaired) electrons. The first kappa shape index (κ1) is 9.98. The van der Waals surface area contributed by atoms with Crippen molar-refractivity contribution in [2.24, 2.45) is 5.73 Å². The lowest BCUT2D eigenvalue weighted by Crippen LogP contribution is -2.08. The summed E-state index contributed by atoms with van der Waals surface area (Å²) < 4.78 is 1.74. The van der Waals surface area contributed by atoms with Crippen LogP contribution in [0.2, 0.25) is 0 Å². The maximum Gasteiger partial charge on any atom is 0.177 e. The van der Waals surface area contributed by atoms with E-state index in [0.29, 0.717) is 13.0 Å². The van der Waals surface area contributed by atoms with Crippen LogP contribution in [0.5, 0.6) is 0 Å². The summed E-state index contributed by atoms with van der Waals surface area (Å²) in [5.41, 5.74) is 8.10. The van der Waals surface area contributed by atoms with Crippen LogP contribution in [0.1, 0.15) is 5.82 Å². The van der Waals surface area contributed by atoms with Gasteiger partial charge in [0, 0.05) is 12.6 Å². The zero-order valence-electron chi connectivity index (χ0n) is 9.17. The number of nitrogens with zero attached hydrogens (tertiary/aromatic N) is 4. The molecule has 0 aromatic carbocycles. The lowest BCUT2D eigenvalue weighted by Gasteiger charge is -2.00. The molecule has 6 heteroatoms. The Morgan fingerprint density at radius 1 is 1.24 bits per heavy atom. The van der Waals surface area contributed by atoms with Crippen LogP contribution in [0, 0.1) is 0 Å². The summed E-state index contributed by atoms with van der Waals surface area (Å²) >= 11 is 0. The van der Waals surface area contributed by atoms with Crippen LogP contribution in [0.3, 0.4) is 0 Å². The number of nitrogens with one attached hydrogen (secondary N) is 1. The SMILES string of the molecule is NCCc1nnc2ccc(-c3ccc[nH]3)nn12. The molecule has 0 fully saturated rings. The molecule has 17 heavy (non-hydrogen) atoms. The standard InChI is InChI=1S/C11H12N6/c12-6-5-11-15-14-10-4-3-9(16-17(10)11)8-2-1-7-13-8/h1-4,7,13H,5-6,12H2. The second kappa shape index (κ2) is 3.99. The Labute approximate surface area is 97.5 Å². The van der Waals surface area contributed by atoms with E-state index < -0.39 is 0 Å². The molecule has 0 spiro atoms. The van der Waals surface area contributed by atoms with Gasteiger partial charge in [0.15, 0.2) is 11.5 Å². The van der Waals surface area contributed by atoms with E-state index in [9.17, 15) is 0 Å². The van der Waals surface area contributed by atoms with E-state index in [1.807, 2.05) is 30.5 Å². The topological polar surface area (TPSA) is 84.9 Å². The van der Waals surface area contributed by atoms with Gasteiger partial charge in [-0.05, 0) is 30.8 Å². The molecule has 3 N–H and O–H groups in total. The Morgan fingerprint density at radius 3 is 2.94 bits per heavy atom. The highest BCUT2D eigenvalue weighted by Gasteiger charge is 2.07. The molecule has 0 bridgehead atoms. The van der Waals surface area contributed by atoms with Gasteiger partial charge in [-0.15, -0.1) is 10.2 Å². The number of hydrogen-bond donors (Lipinski definition) is 2. The van der Waals surface area contributed by atoms with E-state index in [2.05, 4.69) is 20.3 Å². The van der Waals surface area contributed by atoms with Crippen molar-refractivity contribution in [2.75, 3.05) is 6.54 Å². The van der Waals surface area contributed by atoms with Crippen molar-refractivity contribution in [3.63, 3.8) is 0 Å². The maximum absolute atomic E-state index is 5.53. The van der Waals surface area contributed by atoms with Crippen molar-refractivity contribution in [1.82, 2.24) is 24.8 Å². The molecule has 0 amide bonds. The van der Waals surface area contributed by atoms with Crippen LogP contribution in [0.25, 0.3) is 17.0 Å². The number of hydrogen-bond acceptors (Lipinski definition) is 4. The van der Waals surface area contributed by atoms with E-state index in [1.54, 1.807) is 4.52 Å². The summed E-state index contributed by atoms with van der Waals surface area (Å²) in [5.74, 6) is 0.788. The smallest absolute Gasteiger partial charge is 0.177 e. The zero-order chi connectivity index (χ0) is 11.7. The van der Waals surface area contributed by atoms with Crippen molar-refractivity contribution in [3.05, 3.63) is 36.3 Å². The number of aromatic amines is 1. The molecule has 0 atom stereocenters. The first-order valence-corrected chi connectivity index (χ1v) is 5.43. The van der Waals surface area contributed by atoms with E-state index in [4.69, 9.17) is 5.73 Å². The van der Waals surface area contributed by atoms with Gasteiger partial charge in [0.2, 0.25) is 0 Å². The summed E-state index contributed by atoms with van der Waals surface area (Å²) in [4.78, 5) is 3.12. The van der Waals surface area contributed by atoms with Gasteiger partial charge in [0.05, 0.1) is 5.69 Å². The third-order valence-corrected chi connectivity index (χ3v) is 2.57. The van der Waals surface area contributed by atoms with Gasteiger partial charge in [-0.2, -0.15) is 9.61 Å². The molecule has 3 aromatic rings. The van der Waals surface area contributed by atoms with E-state index >= 15 is 0 Å². The van der Waals surface area contributed by atoms with Crippen LogP contribution in [-0.2, 0) is 6.42 Å². The van der Waals surface area contributed by atoms with Crippen LogP contribution < -0.4 is 5.73 Å². The number of fused-ring (bicyclic) bond motifs is 1. The molecule has 0 unspecified atom stereocenters. The normalized spacial score (nSPS) is 11.1. The first-order chi connectivity index (χ1) is 8.38. The van der Waals surface area contributed by atoms with Crippen molar-refractivity contribution >= 4 is 5.65 Å². The fourth-order valence-electron chi connectivity index (χ4n) is 1.75. The minimum absolute atomic E-state index is 0.537. The zero-order valence-corrected chi connectivity index (χ0v) is 9.17. The second-order valence-electron chi connectivity index (χ2n) is 3.73. The molecule has 0 aliphatic carbocycles. The average Bonchev–Trinajstić information content (AvgIpc) is 2.98. The molecule has 6 nitrogen and oxygen atoms in total. The number of nitrogens with two attached hydrogens (primary N) is 1. The summed E-state index contributed by atoms with van der Waals surface area (Å²) in [7, 11) is 0. The molecule has 0 aliphatic rings. The highest BCUT2D eigenvalue weighted by Crippen LogP contribution is 2.14. The molecule has 86 valence electrons. The van der Waals surface area contributed by atoms with Gasteiger partial charge in [-0.3, -0.25) is 0 Å². The van der Waals surface area contributed by atoms with E-state index in [0.717, 1.165) is 22.9 Å². The highest BCUT2D eigenvalue weighted by atomic mass is 15.4. The predicted octanol–water partition coefficient (Wildman–Crippen LogP) is 0.621. The lowest BCUT2D eigenvalue weighted by molar-refractivity contribution is 0.792. The van der Waals surface area contributed by atoms with Crippen molar-refractivity contribution in [3.8, 4) is 11.4 Å². The first-order valence-electron chi connectivity index (χ1n) is 5.43. The lowest BCUT2D eigenvalue weighted by atomic mass is 10.3. The van der Waals surface area contributed by atoms with Gasteiger partial charge in [0.25, 0.3) is 0 Å².